The fraction of sp³-hybridized carbons (Fsp3) is 0.364. The highest BCUT2D eigenvalue weighted by Gasteiger charge is 2.26. The van der Waals surface area contributed by atoms with Crippen molar-refractivity contribution in [3.8, 4) is 0 Å². The van der Waals surface area contributed by atoms with Crippen molar-refractivity contribution < 1.29 is 14.3 Å². The van der Waals surface area contributed by atoms with Gasteiger partial charge in [0.15, 0.2) is 0 Å². The Morgan fingerprint density at radius 2 is 2.19 bits per heavy atom. The van der Waals surface area contributed by atoms with Crippen LogP contribution < -0.4 is 5.32 Å². The van der Waals surface area contributed by atoms with E-state index in [1.807, 2.05) is 0 Å². The molecule has 0 aromatic heterocycles. The monoisotopic (exact) mass is 245 g/mol. The summed E-state index contributed by atoms with van der Waals surface area (Å²) < 4.78 is 13.4. The van der Waals surface area contributed by atoms with Crippen molar-refractivity contribution in [3.05, 3.63) is 34.6 Å². The van der Waals surface area contributed by atoms with E-state index in [-0.39, 0.29) is 17.1 Å². The van der Waals surface area contributed by atoms with Crippen molar-refractivity contribution in [1.82, 2.24) is 5.32 Å². The molecule has 0 unspecified atom stereocenters. The van der Waals surface area contributed by atoms with Gasteiger partial charge in [0.2, 0.25) is 0 Å². The van der Waals surface area contributed by atoms with Crippen LogP contribution in [0.2, 0.25) is 5.02 Å². The molecule has 1 rings (SSSR count). The van der Waals surface area contributed by atoms with E-state index in [1.165, 1.54) is 26.0 Å². The molecule has 0 radical (unpaired) electrons. The largest absolute Gasteiger partial charge is 0.480 e. The number of benzene rings is 1. The molecule has 0 heterocycles. The highest BCUT2D eigenvalue weighted by molar-refractivity contribution is 6.31. The average molecular weight is 246 g/mol. The van der Waals surface area contributed by atoms with Gasteiger partial charge in [-0.3, -0.25) is 10.1 Å². The lowest BCUT2D eigenvalue weighted by atomic mass is 10.1. The Bertz CT molecular complexity index is 387. The number of hydrogen-bond donors (Lipinski definition) is 2. The van der Waals surface area contributed by atoms with Crippen LogP contribution in [0.3, 0.4) is 0 Å². The van der Waals surface area contributed by atoms with Crippen molar-refractivity contribution in [3.63, 3.8) is 0 Å². The molecule has 2 N–H and O–H groups in total. The van der Waals surface area contributed by atoms with E-state index in [0.717, 1.165) is 0 Å². The number of carboxylic acids is 1. The molecule has 0 saturated heterocycles. The first-order valence-electron chi connectivity index (χ1n) is 4.76. The number of carboxylic acid groups (broad SMARTS) is 1. The number of hydrogen-bond acceptors (Lipinski definition) is 2. The first kappa shape index (κ1) is 12.9. The van der Waals surface area contributed by atoms with Crippen molar-refractivity contribution in [2.45, 2.75) is 25.9 Å². The van der Waals surface area contributed by atoms with Crippen molar-refractivity contribution in [2.75, 3.05) is 0 Å². The van der Waals surface area contributed by atoms with E-state index in [2.05, 4.69) is 5.32 Å². The molecule has 5 heteroatoms. The van der Waals surface area contributed by atoms with Gasteiger partial charge >= 0.3 is 5.97 Å². The zero-order valence-corrected chi connectivity index (χ0v) is 9.81. The van der Waals surface area contributed by atoms with Crippen LogP contribution in [-0.4, -0.2) is 16.6 Å². The molecular weight excluding hydrogens is 233 g/mol. The SMILES string of the molecule is CC(C)(NCc1c(F)cccc1Cl)C(=O)O. The molecule has 0 atom stereocenters. The molecule has 88 valence electrons. The number of aliphatic carboxylic acids is 1. The standard InChI is InChI=1S/C11H13ClFNO2/c1-11(2,10(15)16)14-6-7-8(12)4-3-5-9(7)13/h3-5,14H,6H2,1-2H3,(H,15,16). The van der Waals surface area contributed by atoms with Gasteiger partial charge in [0.05, 0.1) is 0 Å². The molecule has 1 aromatic rings. The molecule has 3 nitrogen and oxygen atoms in total. The lowest BCUT2D eigenvalue weighted by molar-refractivity contribution is -0.143. The van der Waals surface area contributed by atoms with Crippen LogP contribution in [0.5, 0.6) is 0 Å². The molecule has 0 saturated carbocycles. The van der Waals surface area contributed by atoms with Gasteiger partial charge in [-0.1, -0.05) is 17.7 Å². The van der Waals surface area contributed by atoms with Gasteiger partial charge in [0, 0.05) is 17.1 Å². The van der Waals surface area contributed by atoms with E-state index >= 15 is 0 Å². The quantitative estimate of drug-likeness (QED) is 0.857. The molecule has 0 aliphatic heterocycles. The van der Waals surface area contributed by atoms with E-state index in [1.54, 1.807) is 6.07 Å². The maximum absolute atomic E-state index is 13.4. The Morgan fingerprint density at radius 1 is 1.56 bits per heavy atom. The van der Waals surface area contributed by atoms with Crippen LogP contribution in [0.25, 0.3) is 0 Å². The summed E-state index contributed by atoms with van der Waals surface area (Å²) in [6.07, 6.45) is 0. The summed E-state index contributed by atoms with van der Waals surface area (Å²) >= 11 is 5.81. The van der Waals surface area contributed by atoms with Crippen LogP contribution in [-0.2, 0) is 11.3 Å². The second kappa shape index (κ2) is 4.80. The van der Waals surface area contributed by atoms with Crippen LogP contribution in [0.4, 0.5) is 4.39 Å². The molecular formula is C11H13ClFNO2. The van der Waals surface area contributed by atoms with Crippen molar-refractivity contribution in [2.24, 2.45) is 0 Å². The van der Waals surface area contributed by atoms with Gasteiger partial charge in [-0.15, -0.1) is 0 Å². The first-order chi connectivity index (χ1) is 7.34. The van der Waals surface area contributed by atoms with E-state index in [0.29, 0.717) is 0 Å². The summed E-state index contributed by atoms with van der Waals surface area (Å²) in [7, 11) is 0. The van der Waals surface area contributed by atoms with Crippen LogP contribution in [0.1, 0.15) is 19.4 Å². The zero-order valence-electron chi connectivity index (χ0n) is 9.05. The second-order valence-electron chi connectivity index (χ2n) is 3.98. The van der Waals surface area contributed by atoms with Gasteiger partial charge in [-0.2, -0.15) is 0 Å². The van der Waals surface area contributed by atoms with E-state index in [4.69, 9.17) is 16.7 Å². The molecule has 16 heavy (non-hydrogen) atoms. The summed E-state index contributed by atoms with van der Waals surface area (Å²) in [5, 5.41) is 11.9. The fourth-order valence-corrected chi connectivity index (χ4v) is 1.32. The van der Waals surface area contributed by atoms with Crippen molar-refractivity contribution >= 4 is 17.6 Å². The minimum absolute atomic E-state index is 0.0742. The van der Waals surface area contributed by atoms with Crippen molar-refractivity contribution in [1.29, 1.82) is 0 Å². The highest BCUT2D eigenvalue weighted by atomic mass is 35.5. The summed E-state index contributed by atoms with van der Waals surface area (Å²) in [5.41, 5.74) is -0.843. The van der Waals surface area contributed by atoms with Gasteiger partial charge < -0.3 is 5.11 Å². The average Bonchev–Trinajstić information content (AvgIpc) is 2.16. The summed E-state index contributed by atoms with van der Waals surface area (Å²) in [6, 6.07) is 4.36. The van der Waals surface area contributed by atoms with E-state index in [9.17, 15) is 9.18 Å². The number of nitrogens with one attached hydrogen (secondary N) is 1. The smallest absolute Gasteiger partial charge is 0.323 e. The molecule has 0 aliphatic carbocycles. The predicted octanol–water partition coefficient (Wildman–Crippen LogP) is 2.43. The Morgan fingerprint density at radius 3 is 2.69 bits per heavy atom. The van der Waals surface area contributed by atoms with Crippen LogP contribution in [0, 0.1) is 5.82 Å². The topological polar surface area (TPSA) is 49.3 Å². The summed E-state index contributed by atoms with van der Waals surface area (Å²) in [5.74, 6) is -1.44. The lowest BCUT2D eigenvalue weighted by Gasteiger charge is -2.21. The Labute approximate surface area is 98.2 Å². The Kier molecular flexibility index (Phi) is 3.88. The third kappa shape index (κ3) is 2.93. The molecule has 0 fully saturated rings. The third-order valence-corrected chi connectivity index (χ3v) is 2.66. The van der Waals surface area contributed by atoms with Crippen LogP contribution >= 0.6 is 11.6 Å². The lowest BCUT2D eigenvalue weighted by Crippen LogP contribution is -2.46. The summed E-state index contributed by atoms with van der Waals surface area (Å²) in [4.78, 5) is 10.8. The van der Waals surface area contributed by atoms with Gasteiger partial charge in [0.1, 0.15) is 11.4 Å². The maximum Gasteiger partial charge on any atom is 0.323 e. The maximum atomic E-state index is 13.4. The molecule has 1 aromatic carbocycles. The summed E-state index contributed by atoms with van der Waals surface area (Å²) in [6.45, 7) is 3.08. The van der Waals surface area contributed by atoms with Gasteiger partial charge in [0.25, 0.3) is 0 Å². The molecule has 0 spiro atoms. The highest BCUT2D eigenvalue weighted by Crippen LogP contribution is 2.19. The Hall–Kier alpha value is -1.13. The Balaban J connectivity index is 2.79. The minimum Gasteiger partial charge on any atom is -0.480 e. The second-order valence-corrected chi connectivity index (χ2v) is 4.39. The van der Waals surface area contributed by atoms with Gasteiger partial charge in [-0.25, -0.2) is 4.39 Å². The minimum atomic E-state index is -1.12. The molecule has 0 amide bonds. The predicted molar refractivity (Wildman–Crippen MR) is 60.0 cm³/mol. The molecule has 0 aliphatic rings. The number of rotatable bonds is 4. The van der Waals surface area contributed by atoms with E-state index < -0.39 is 17.3 Å². The number of carbonyl (C=O) groups is 1. The first-order valence-corrected chi connectivity index (χ1v) is 5.13. The normalized spacial score (nSPS) is 11.5. The third-order valence-electron chi connectivity index (χ3n) is 2.30. The number of halogens is 2. The molecule has 0 bridgehead atoms. The van der Waals surface area contributed by atoms with Crippen LogP contribution in [0.15, 0.2) is 18.2 Å². The fourth-order valence-electron chi connectivity index (χ4n) is 1.09. The zero-order chi connectivity index (χ0) is 12.3. The van der Waals surface area contributed by atoms with Gasteiger partial charge in [-0.05, 0) is 26.0 Å².